The monoisotopic (exact) mass is 374 g/mol. The van der Waals surface area contributed by atoms with Crippen LogP contribution < -0.4 is 4.80 Å². The van der Waals surface area contributed by atoms with Gasteiger partial charge >= 0.3 is 5.97 Å². The van der Waals surface area contributed by atoms with Crippen molar-refractivity contribution in [2.45, 2.75) is 13.0 Å². The van der Waals surface area contributed by atoms with Gasteiger partial charge < -0.3 is 9.30 Å². The third kappa shape index (κ3) is 3.97. The SMILES string of the molecule is COC(=O)CCn1c(=NC(=O)c2ccc(Cl)cc2)sc2ccccc21. The van der Waals surface area contributed by atoms with E-state index < -0.39 is 0 Å². The van der Waals surface area contributed by atoms with Crippen LogP contribution in [0.25, 0.3) is 10.2 Å². The number of carbonyl (C=O) groups is 2. The molecule has 0 unspecified atom stereocenters. The number of rotatable bonds is 4. The molecule has 0 radical (unpaired) electrons. The van der Waals surface area contributed by atoms with Crippen LogP contribution in [0.4, 0.5) is 0 Å². The zero-order valence-corrected chi connectivity index (χ0v) is 15.0. The minimum atomic E-state index is -0.352. The number of ether oxygens (including phenoxy) is 1. The topological polar surface area (TPSA) is 60.7 Å². The number of methoxy groups -OCH3 is 1. The smallest absolute Gasteiger partial charge is 0.307 e. The number of aryl methyl sites for hydroxylation is 1. The normalized spacial score (nSPS) is 11.7. The van der Waals surface area contributed by atoms with E-state index in [0.717, 1.165) is 10.2 Å². The van der Waals surface area contributed by atoms with Crippen LogP contribution in [-0.4, -0.2) is 23.6 Å². The van der Waals surface area contributed by atoms with Crippen molar-refractivity contribution in [3.63, 3.8) is 0 Å². The predicted molar refractivity (Wildman–Crippen MR) is 97.8 cm³/mol. The van der Waals surface area contributed by atoms with Crippen LogP contribution in [0.1, 0.15) is 16.8 Å². The van der Waals surface area contributed by atoms with E-state index in [2.05, 4.69) is 4.99 Å². The molecular weight excluding hydrogens is 360 g/mol. The van der Waals surface area contributed by atoms with Crippen LogP contribution in [0, 0.1) is 0 Å². The summed E-state index contributed by atoms with van der Waals surface area (Å²) in [6.07, 6.45) is 0.208. The summed E-state index contributed by atoms with van der Waals surface area (Å²) in [5, 5.41) is 0.562. The molecule has 0 saturated heterocycles. The fourth-order valence-corrected chi connectivity index (χ4v) is 3.55. The largest absolute Gasteiger partial charge is 0.469 e. The summed E-state index contributed by atoms with van der Waals surface area (Å²) in [6, 6.07) is 14.3. The number of hydrogen-bond acceptors (Lipinski definition) is 4. The number of thiazole rings is 1. The van der Waals surface area contributed by atoms with Crippen LogP contribution in [0.15, 0.2) is 53.5 Å². The molecule has 3 aromatic rings. The molecule has 128 valence electrons. The molecule has 0 atom stereocenters. The number of benzene rings is 2. The van der Waals surface area contributed by atoms with E-state index in [4.69, 9.17) is 16.3 Å². The number of aromatic nitrogens is 1. The molecule has 1 amide bonds. The van der Waals surface area contributed by atoms with Gasteiger partial charge in [-0.25, -0.2) is 0 Å². The summed E-state index contributed by atoms with van der Waals surface area (Å²) in [5.74, 6) is -0.659. The number of nitrogens with zero attached hydrogens (tertiary/aromatic N) is 2. The Balaban J connectivity index is 2.03. The standard InChI is InChI=1S/C18H15ClN2O3S/c1-24-16(22)10-11-21-14-4-2-3-5-15(14)25-18(21)20-17(23)12-6-8-13(19)9-7-12/h2-9H,10-11H2,1H3. The van der Waals surface area contributed by atoms with Gasteiger partial charge in [0.05, 0.1) is 23.7 Å². The van der Waals surface area contributed by atoms with Gasteiger partial charge in [-0.3, -0.25) is 9.59 Å². The van der Waals surface area contributed by atoms with Crippen molar-refractivity contribution in [1.82, 2.24) is 4.57 Å². The van der Waals surface area contributed by atoms with E-state index >= 15 is 0 Å². The fourth-order valence-electron chi connectivity index (χ4n) is 2.37. The van der Waals surface area contributed by atoms with E-state index in [-0.39, 0.29) is 18.3 Å². The van der Waals surface area contributed by atoms with Gasteiger partial charge in [0.15, 0.2) is 4.80 Å². The van der Waals surface area contributed by atoms with Crippen LogP contribution >= 0.6 is 22.9 Å². The summed E-state index contributed by atoms with van der Waals surface area (Å²) in [5.41, 5.74) is 1.39. The van der Waals surface area contributed by atoms with Crippen molar-refractivity contribution >= 4 is 45.0 Å². The highest BCUT2D eigenvalue weighted by Gasteiger charge is 2.10. The highest BCUT2D eigenvalue weighted by molar-refractivity contribution is 7.16. The first-order chi connectivity index (χ1) is 12.1. The Morgan fingerprint density at radius 1 is 1.16 bits per heavy atom. The molecule has 5 nitrogen and oxygen atoms in total. The van der Waals surface area contributed by atoms with Crippen molar-refractivity contribution in [2.24, 2.45) is 4.99 Å². The predicted octanol–water partition coefficient (Wildman–Crippen LogP) is 3.66. The van der Waals surface area contributed by atoms with E-state index in [1.807, 2.05) is 28.8 Å². The third-order valence-corrected chi connectivity index (χ3v) is 4.96. The second-order valence-electron chi connectivity index (χ2n) is 5.25. The summed E-state index contributed by atoms with van der Waals surface area (Å²) >= 11 is 7.26. The molecule has 0 N–H and O–H groups in total. The zero-order valence-electron chi connectivity index (χ0n) is 13.4. The number of halogens is 1. The molecule has 1 aromatic heterocycles. The van der Waals surface area contributed by atoms with Gasteiger partial charge in [0.25, 0.3) is 5.91 Å². The number of hydrogen-bond donors (Lipinski definition) is 0. The minimum absolute atomic E-state index is 0.208. The van der Waals surface area contributed by atoms with Crippen molar-refractivity contribution in [3.8, 4) is 0 Å². The highest BCUT2D eigenvalue weighted by atomic mass is 35.5. The Hall–Kier alpha value is -2.44. The number of fused-ring (bicyclic) bond motifs is 1. The number of para-hydroxylation sites is 1. The average Bonchev–Trinajstić information content (AvgIpc) is 2.97. The van der Waals surface area contributed by atoms with Crippen molar-refractivity contribution in [2.75, 3.05) is 7.11 Å². The molecule has 2 aromatic carbocycles. The van der Waals surface area contributed by atoms with Crippen molar-refractivity contribution < 1.29 is 14.3 Å². The Labute approximate surface area is 153 Å². The van der Waals surface area contributed by atoms with E-state index in [9.17, 15) is 9.59 Å². The molecule has 0 aliphatic rings. The van der Waals surface area contributed by atoms with Gasteiger partial charge in [-0.15, -0.1) is 0 Å². The van der Waals surface area contributed by atoms with Gasteiger partial charge in [-0.1, -0.05) is 35.1 Å². The number of amides is 1. The maximum absolute atomic E-state index is 12.4. The lowest BCUT2D eigenvalue weighted by atomic mass is 10.2. The molecule has 3 rings (SSSR count). The van der Waals surface area contributed by atoms with E-state index in [1.165, 1.54) is 18.4 Å². The molecular formula is C18H15ClN2O3S. The van der Waals surface area contributed by atoms with Crippen LogP contribution in [0.5, 0.6) is 0 Å². The Bertz CT molecular complexity index is 989. The third-order valence-electron chi connectivity index (χ3n) is 3.64. The first kappa shape index (κ1) is 17.4. The first-order valence-electron chi connectivity index (χ1n) is 7.58. The molecule has 0 fully saturated rings. The molecule has 0 saturated carbocycles. The zero-order chi connectivity index (χ0) is 17.8. The molecule has 0 spiro atoms. The molecule has 0 aliphatic carbocycles. The molecule has 7 heteroatoms. The second-order valence-corrected chi connectivity index (χ2v) is 6.70. The molecule has 25 heavy (non-hydrogen) atoms. The van der Waals surface area contributed by atoms with Gasteiger partial charge in [-0.2, -0.15) is 4.99 Å². The quantitative estimate of drug-likeness (QED) is 0.655. The maximum atomic E-state index is 12.4. The van der Waals surface area contributed by atoms with Crippen LogP contribution in [0.3, 0.4) is 0 Å². The minimum Gasteiger partial charge on any atom is -0.469 e. The van der Waals surface area contributed by atoms with Gasteiger partial charge in [0.1, 0.15) is 0 Å². The van der Waals surface area contributed by atoms with Crippen LogP contribution in [-0.2, 0) is 16.1 Å². The first-order valence-corrected chi connectivity index (χ1v) is 8.78. The average molecular weight is 375 g/mol. The Morgan fingerprint density at radius 3 is 2.60 bits per heavy atom. The number of esters is 1. The highest BCUT2D eigenvalue weighted by Crippen LogP contribution is 2.17. The number of carbonyl (C=O) groups excluding carboxylic acids is 2. The molecule has 0 bridgehead atoms. The lowest BCUT2D eigenvalue weighted by molar-refractivity contribution is -0.140. The van der Waals surface area contributed by atoms with Gasteiger partial charge in [-0.05, 0) is 36.4 Å². The van der Waals surface area contributed by atoms with E-state index in [0.29, 0.717) is 21.9 Å². The van der Waals surface area contributed by atoms with Crippen LogP contribution in [0.2, 0.25) is 5.02 Å². The molecule has 1 heterocycles. The van der Waals surface area contributed by atoms with E-state index in [1.54, 1.807) is 24.3 Å². The molecule has 0 aliphatic heterocycles. The Kier molecular flexibility index (Phi) is 5.31. The summed E-state index contributed by atoms with van der Waals surface area (Å²) in [6.45, 7) is 0.392. The fraction of sp³-hybridized carbons (Fsp3) is 0.167. The van der Waals surface area contributed by atoms with Crippen molar-refractivity contribution in [1.29, 1.82) is 0 Å². The maximum Gasteiger partial charge on any atom is 0.307 e. The van der Waals surface area contributed by atoms with Gasteiger partial charge in [0, 0.05) is 17.1 Å². The summed E-state index contributed by atoms with van der Waals surface area (Å²) in [4.78, 5) is 28.7. The lowest BCUT2D eigenvalue weighted by Crippen LogP contribution is -2.19. The van der Waals surface area contributed by atoms with Gasteiger partial charge in [0.2, 0.25) is 0 Å². The summed E-state index contributed by atoms with van der Waals surface area (Å²) < 4.78 is 7.56. The second kappa shape index (κ2) is 7.63. The van der Waals surface area contributed by atoms with Crippen molar-refractivity contribution in [3.05, 3.63) is 63.9 Å². The Morgan fingerprint density at radius 2 is 1.88 bits per heavy atom. The lowest BCUT2D eigenvalue weighted by Gasteiger charge is -2.04. The summed E-state index contributed by atoms with van der Waals surface area (Å²) in [7, 11) is 1.36.